The maximum atomic E-state index is 12.6. The molecule has 2 amide bonds. The third-order valence-electron chi connectivity index (χ3n) is 4.74. The molecule has 0 radical (unpaired) electrons. The molecule has 0 unspecified atom stereocenters. The summed E-state index contributed by atoms with van der Waals surface area (Å²) < 4.78 is 7.87. The van der Waals surface area contributed by atoms with Crippen LogP contribution in [0.4, 0.5) is 5.69 Å². The maximum Gasteiger partial charge on any atom is 0.259 e. The van der Waals surface area contributed by atoms with Crippen molar-refractivity contribution in [3.63, 3.8) is 0 Å². The number of rotatable bonds is 9. The van der Waals surface area contributed by atoms with Gasteiger partial charge >= 0.3 is 0 Å². The van der Waals surface area contributed by atoms with Gasteiger partial charge < -0.3 is 20.5 Å². The number of halogens is 2. The van der Waals surface area contributed by atoms with E-state index in [-0.39, 0.29) is 17.2 Å². The zero-order chi connectivity index (χ0) is 23.8. The number of para-hydroxylation sites is 1. The van der Waals surface area contributed by atoms with Gasteiger partial charge in [-0.25, -0.2) is 0 Å². The van der Waals surface area contributed by atoms with Crippen molar-refractivity contribution in [2.45, 2.75) is 26.2 Å². The number of benzene rings is 3. The Balaban J connectivity index is 1.73. The van der Waals surface area contributed by atoms with Crippen LogP contribution in [0.1, 0.15) is 35.7 Å². The van der Waals surface area contributed by atoms with Gasteiger partial charge in [0.1, 0.15) is 11.5 Å². The van der Waals surface area contributed by atoms with Gasteiger partial charge in [0.15, 0.2) is 5.75 Å². The van der Waals surface area contributed by atoms with E-state index in [0.717, 1.165) is 19.1 Å². The number of nitrogens with one attached hydrogen (secondary N) is 2. The van der Waals surface area contributed by atoms with Crippen LogP contribution in [0.3, 0.4) is 0 Å². The first-order valence-electron chi connectivity index (χ1n) is 10.5. The average molecular weight is 670 g/mol. The molecule has 33 heavy (non-hydrogen) atoms. The predicted molar refractivity (Wildman–Crippen MR) is 146 cm³/mol. The summed E-state index contributed by atoms with van der Waals surface area (Å²) in [7, 11) is 0. The molecule has 0 saturated carbocycles. The average Bonchev–Trinajstić information content (AvgIpc) is 2.80. The van der Waals surface area contributed by atoms with E-state index < -0.39 is 5.91 Å². The number of aromatic hydroxyl groups is 1. The molecule has 8 heteroatoms. The fourth-order valence-corrected chi connectivity index (χ4v) is 5.18. The molecule has 0 bridgehead atoms. The summed E-state index contributed by atoms with van der Waals surface area (Å²) >= 11 is 4.41. The van der Waals surface area contributed by atoms with E-state index in [4.69, 9.17) is 4.74 Å². The first-order chi connectivity index (χ1) is 15.9. The number of hydrogen-bond acceptors (Lipinski definition) is 4. The zero-order valence-electron chi connectivity index (χ0n) is 18.0. The van der Waals surface area contributed by atoms with Gasteiger partial charge in [0, 0.05) is 18.7 Å². The third-order valence-corrected chi connectivity index (χ3v) is 6.34. The number of ether oxygens (including phenoxy) is 1. The Morgan fingerprint density at radius 1 is 1.00 bits per heavy atom. The summed E-state index contributed by atoms with van der Waals surface area (Å²) in [6.07, 6.45) is 2.00. The quantitative estimate of drug-likeness (QED) is 0.240. The van der Waals surface area contributed by atoms with E-state index in [9.17, 15) is 14.7 Å². The number of anilines is 1. The highest BCUT2D eigenvalue weighted by atomic mass is 127. The summed E-state index contributed by atoms with van der Waals surface area (Å²) in [5.41, 5.74) is 1.81. The minimum absolute atomic E-state index is 0.0487. The van der Waals surface area contributed by atoms with Crippen LogP contribution in [0.25, 0.3) is 0 Å². The highest BCUT2D eigenvalue weighted by Crippen LogP contribution is 2.35. The standard InChI is InChI=1S/C25H24I2N2O4/c1-2-12-28-23(31)11-8-16-13-20(26)24(21(27)14-16)33-18-9-10-22(30)19(15-18)25(32)29-17-6-4-3-5-7-17/h3-7,9-10,13-15,30H,2,8,11-12H2,1H3,(H,28,31)(H,29,32). The molecular weight excluding hydrogens is 646 g/mol. The highest BCUT2D eigenvalue weighted by Gasteiger charge is 2.16. The van der Waals surface area contributed by atoms with Crippen molar-refractivity contribution in [1.29, 1.82) is 0 Å². The van der Waals surface area contributed by atoms with Gasteiger partial charge in [-0.15, -0.1) is 0 Å². The van der Waals surface area contributed by atoms with Crippen LogP contribution in [0.2, 0.25) is 0 Å². The second kappa shape index (κ2) is 12.2. The largest absolute Gasteiger partial charge is 0.507 e. The molecule has 0 spiro atoms. The summed E-state index contributed by atoms with van der Waals surface area (Å²) in [6, 6.07) is 17.6. The molecule has 0 aliphatic rings. The Labute approximate surface area is 220 Å². The molecule has 6 nitrogen and oxygen atoms in total. The van der Waals surface area contributed by atoms with E-state index >= 15 is 0 Å². The summed E-state index contributed by atoms with van der Waals surface area (Å²) in [4.78, 5) is 24.5. The van der Waals surface area contributed by atoms with Gasteiger partial charge in [0.2, 0.25) is 5.91 Å². The smallest absolute Gasteiger partial charge is 0.259 e. The Bertz CT molecular complexity index is 1110. The number of phenolic OH excluding ortho intramolecular Hbond substituents is 1. The Morgan fingerprint density at radius 3 is 2.36 bits per heavy atom. The molecule has 0 aliphatic heterocycles. The van der Waals surface area contributed by atoms with Crippen LogP contribution >= 0.6 is 45.2 Å². The lowest BCUT2D eigenvalue weighted by molar-refractivity contribution is -0.121. The normalized spacial score (nSPS) is 10.5. The molecule has 0 fully saturated rings. The van der Waals surface area contributed by atoms with Crippen LogP contribution < -0.4 is 15.4 Å². The SMILES string of the molecule is CCCNC(=O)CCc1cc(I)c(Oc2ccc(O)c(C(=O)Nc3ccccc3)c2)c(I)c1. The molecule has 0 aromatic heterocycles. The van der Waals surface area contributed by atoms with Crippen LogP contribution in [0.5, 0.6) is 17.2 Å². The minimum Gasteiger partial charge on any atom is -0.507 e. The molecule has 3 aromatic carbocycles. The van der Waals surface area contributed by atoms with Crippen molar-refractivity contribution in [2.24, 2.45) is 0 Å². The summed E-state index contributed by atoms with van der Waals surface area (Å²) in [5, 5.41) is 15.9. The van der Waals surface area contributed by atoms with Crippen molar-refractivity contribution in [2.75, 3.05) is 11.9 Å². The van der Waals surface area contributed by atoms with Crippen LogP contribution in [0.15, 0.2) is 60.7 Å². The number of phenols is 1. The number of carbonyl (C=O) groups excluding carboxylic acids is 2. The van der Waals surface area contributed by atoms with Crippen LogP contribution in [0, 0.1) is 7.14 Å². The van der Waals surface area contributed by atoms with Gasteiger partial charge in [-0.05, 0) is 106 Å². The molecule has 0 heterocycles. The van der Waals surface area contributed by atoms with E-state index in [1.807, 2.05) is 37.3 Å². The Morgan fingerprint density at radius 2 is 1.70 bits per heavy atom. The first-order valence-corrected chi connectivity index (χ1v) is 12.6. The molecule has 172 valence electrons. The van der Waals surface area contributed by atoms with E-state index in [1.54, 1.807) is 18.2 Å². The van der Waals surface area contributed by atoms with E-state index in [2.05, 4.69) is 55.8 Å². The topological polar surface area (TPSA) is 87.7 Å². The van der Waals surface area contributed by atoms with Crippen molar-refractivity contribution < 1.29 is 19.4 Å². The third kappa shape index (κ3) is 7.32. The first kappa shape index (κ1) is 25.3. The number of aryl methyl sites for hydroxylation is 1. The molecule has 0 aliphatic carbocycles. The van der Waals surface area contributed by atoms with Gasteiger partial charge in [-0.1, -0.05) is 25.1 Å². The molecule has 0 saturated heterocycles. The zero-order valence-corrected chi connectivity index (χ0v) is 22.3. The van der Waals surface area contributed by atoms with Crippen LogP contribution in [-0.2, 0) is 11.2 Å². The lowest BCUT2D eigenvalue weighted by atomic mass is 10.1. The Hall–Kier alpha value is -2.34. The lowest BCUT2D eigenvalue weighted by Gasteiger charge is -2.14. The minimum atomic E-state index is -0.426. The van der Waals surface area contributed by atoms with Crippen LogP contribution in [-0.4, -0.2) is 23.5 Å². The lowest BCUT2D eigenvalue weighted by Crippen LogP contribution is -2.24. The second-order valence-electron chi connectivity index (χ2n) is 7.34. The van der Waals surface area contributed by atoms with E-state index in [0.29, 0.717) is 36.6 Å². The van der Waals surface area contributed by atoms with Crippen molar-refractivity contribution in [3.05, 3.63) is 78.9 Å². The fourth-order valence-electron chi connectivity index (χ4n) is 3.06. The molecular formula is C25H24I2N2O4. The van der Waals surface area contributed by atoms with E-state index in [1.165, 1.54) is 12.1 Å². The van der Waals surface area contributed by atoms with Crippen molar-refractivity contribution >= 4 is 62.7 Å². The number of carbonyl (C=O) groups is 2. The van der Waals surface area contributed by atoms with Crippen molar-refractivity contribution in [1.82, 2.24) is 5.32 Å². The summed E-state index contributed by atoms with van der Waals surface area (Å²) in [6.45, 7) is 2.72. The van der Waals surface area contributed by atoms with Crippen molar-refractivity contribution in [3.8, 4) is 17.2 Å². The second-order valence-corrected chi connectivity index (χ2v) is 9.66. The molecule has 3 aromatic rings. The number of hydrogen-bond donors (Lipinski definition) is 3. The Kier molecular flexibility index (Phi) is 9.36. The highest BCUT2D eigenvalue weighted by molar-refractivity contribution is 14.1. The van der Waals surface area contributed by atoms with Gasteiger partial charge in [0.25, 0.3) is 5.91 Å². The van der Waals surface area contributed by atoms with Gasteiger partial charge in [0.05, 0.1) is 12.7 Å². The number of amides is 2. The monoisotopic (exact) mass is 670 g/mol. The van der Waals surface area contributed by atoms with Gasteiger partial charge in [-0.2, -0.15) is 0 Å². The maximum absolute atomic E-state index is 12.6. The summed E-state index contributed by atoms with van der Waals surface area (Å²) in [5.74, 6) is 0.596. The predicted octanol–water partition coefficient (Wildman–Crippen LogP) is 6.10. The van der Waals surface area contributed by atoms with Gasteiger partial charge in [-0.3, -0.25) is 9.59 Å². The molecule has 3 N–H and O–H groups in total. The fraction of sp³-hybridized carbons (Fsp3) is 0.200. The molecule has 0 atom stereocenters. The molecule has 3 rings (SSSR count).